The summed E-state index contributed by atoms with van der Waals surface area (Å²) in [6.45, 7) is 7.99. The van der Waals surface area contributed by atoms with E-state index < -0.39 is 0 Å². The van der Waals surface area contributed by atoms with Crippen molar-refractivity contribution in [3.8, 4) is 5.75 Å². The average Bonchev–Trinajstić information content (AvgIpc) is 2.39. The van der Waals surface area contributed by atoms with Gasteiger partial charge in [-0.15, -0.1) is 0 Å². The lowest BCUT2D eigenvalue weighted by Crippen LogP contribution is -2.56. The van der Waals surface area contributed by atoms with Gasteiger partial charge in [0, 0.05) is 12.2 Å². The highest BCUT2D eigenvalue weighted by molar-refractivity contribution is 7.98. The van der Waals surface area contributed by atoms with Gasteiger partial charge in [-0.2, -0.15) is 11.8 Å². The van der Waals surface area contributed by atoms with E-state index in [2.05, 4.69) is 26.8 Å². The molecule has 1 heterocycles. The Labute approximate surface area is 132 Å². The highest BCUT2D eigenvalue weighted by atomic mass is 32.2. The molecule has 21 heavy (non-hydrogen) atoms. The quantitative estimate of drug-likeness (QED) is 0.835. The van der Waals surface area contributed by atoms with Gasteiger partial charge in [0.05, 0.1) is 13.1 Å². The van der Waals surface area contributed by atoms with E-state index in [1.54, 1.807) is 11.8 Å². The number of hydrogen-bond donors (Lipinski definition) is 0. The van der Waals surface area contributed by atoms with Gasteiger partial charge < -0.3 is 9.64 Å². The van der Waals surface area contributed by atoms with E-state index in [4.69, 9.17) is 4.74 Å². The molecule has 1 aliphatic heterocycles. The van der Waals surface area contributed by atoms with Gasteiger partial charge in [-0.3, -0.25) is 4.79 Å². The summed E-state index contributed by atoms with van der Waals surface area (Å²) < 4.78 is 6.09. The average molecular weight is 307 g/mol. The standard InChI is InChI=1S/C17H25NO2S/c1-17(2,3)14-7-5-6-8-15(14)20-13-11-18(12-13)16(19)9-10-21-4/h5-8,13H,9-12H2,1-4H3. The Kier molecular flexibility index (Phi) is 5.20. The number of likely N-dealkylation sites (tertiary alicyclic amines) is 1. The van der Waals surface area contributed by atoms with Crippen LogP contribution in [0.1, 0.15) is 32.8 Å². The topological polar surface area (TPSA) is 29.5 Å². The van der Waals surface area contributed by atoms with Crippen molar-refractivity contribution >= 4 is 17.7 Å². The van der Waals surface area contributed by atoms with E-state index in [1.165, 1.54) is 5.56 Å². The fourth-order valence-electron chi connectivity index (χ4n) is 2.43. The van der Waals surface area contributed by atoms with Crippen LogP contribution in [-0.4, -0.2) is 42.0 Å². The van der Waals surface area contributed by atoms with Crippen LogP contribution in [0.5, 0.6) is 5.75 Å². The predicted octanol–water partition coefficient (Wildman–Crippen LogP) is 3.33. The van der Waals surface area contributed by atoms with Crippen molar-refractivity contribution in [3.63, 3.8) is 0 Å². The largest absolute Gasteiger partial charge is 0.486 e. The first-order valence-corrected chi connectivity index (χ1v) is 8.84. The molecule has 0 saturated carbocycles. The summed E-state index contributed by atoms with van der Waals surface area (Å²) in [6.07, 6.45) is 2.79. The summed E-state index contributed by atoms with van der Waals surface area (Å²) in [5, 5.41) is 0. The number of hydrogen-bond acceptors (Lipinski definition) is 3. The van der Waals surface area contributed by atoms with Crippen LogP contribution in [0.3, 0.4) is 0 Å². The lowest BCUT2D eigenvalue weighted by Gasteiger charge is -2.40. The molecule has 1 aromatic carbocycles. The van der Waals surface area contributed by atoms with Crippen molar-refractivity contribution in [1.82, 2.24) is 4.90 Å². The molecule has 116 valence electrons. The molecular weight excluding hydrogens is 282 g/mol. The van der Waals surface area contributed by atoms with Crippen LogP contribution < -0.4 is 4.74 Å². The van der Waals surface area contributed by atoms with Gasteiger partial charge in [0.15, 0.2) is 0 Å². The Bertz CT molecular complexity index is 490. The summed E-state index contributed by atoms with van der Waals surface area (Å²) >= 11 is 1.71. The molecule has 1 saturated heterocycles. The zero-order valence-corrected chi connectivity index (χ0v) is 14.2. The van der Waals surface area contributed by atoms with Crippen LogP contribution in [0.2, 0.25) is 0 Å². The first kappa shape index (κ1) is 16.2. The van der Waals surface area contributed by atoms with Gasteiger partial charge in [-0.1, -0.05) is 39.0 Å². The molecule has 1 amide bonds. The van der Waals surface area contributed by atoms with Crippen LogP contribution >= 0.6 is 11.8 Å². The van der Waals surface area contributed by atoms with Crippen LogP contribution in [0.25, 0.3) is 0 Å². The van der Waals surface area contributed by atoms with Crippen molar-refractivity contribution in [3.05, 3.63) is 29.8 Å². The van der Waals surface area contributed by atoms with Crippen molar-refractivity contribution < 1.29 is 9.53 Å². The summed E-state index contributed by atoms with van der Waals surface area (Å²) in [4.78, 5) is 13.8. The Morgan fingerprint density at radius 3 is 2.62 bits per heavy atom. The van der Waals surface area contributed by atoms with E-state index in [0.717, 1.165) is 11.5 Å². The minimum atomic E-state index is 0.0637. The molecule has 1 fully saturated rings. The maximum atomic E-state index is 11.9. The van der Waals surface area contributed by atoms with E-state index in [1.807, 2.05) is 29.4 Å². The van der Waals surface area contributed by atoms with E-state index >= 15 is 0 Å². The van der Waals surface area contributed by atoms with Crippen LogP contribution in [0, 0.1) is 0 Å². The van der Waals surface area contributed by atoms with Gasteiger partial charge >= 0.3 is 0 Å². The zero-order valence-electron chi connectivity index (χ0n) is 13.4. The fourth-order valence-corrected chi connectivity index (χ4v) is 2.81. The van der Waals surface area contributed by atoms with Crippen molar-refractivity contribution in [2.45, 2.75) is 38.7 Å². The molecule has 0 aliphatic carbocycles. The summed E-state index contributed by atoms with van der Waals surface area (Å²) in [5.74, 6) is 2.09. The molecule has 0 atom stereocenters. The molecule has 3 nitrogen and oxygen atoms in total. The van der Waals surface area contributed by atoms with Gasteiger partial charge in [-0.25, -0.2) is 0 Å². The molecule has 1 aromatic rings. The maximum absolute atomic E-state index is 11.9. The number of benzene rings is 1. The highest BCUT2D eigenvalue weighted by Gasteiger charge is 2.32. The van der Waals surface area contributed by atoms with Crippen LogP contribution in [0.4, 0.5) is 0 Å². The minimum Gasteiger partial charge on any atom is -0.486 e. The van der Waals surface area contributed by atoms with Crippen molar-refractivity contribution in [2.75, 3.05) is 25.1 Å². The Balaban J connectivity index is 1.90. The number of amides is 1. The smallest absolute Gasteiger partial charge is 0.223 e. The van der Waals surface area contributed by atoms with Crippen LogP contribution in [0.15, 0.2) is 24.3 Å². The molecule has 0 spiro atoms. The van der Waals surface area contributed by atoms with E-state index in [0.29, 0.717) is 19.5 Å². The monoisotopic (exact) mass is 307 g/mol. The van der Waals surface area contributed by atoms with Crippen LogP contribution in [-0.2, 0) is 10.2 Å². The van der Waals surface area contributed by atoms with Gasteiger partial charge in [0.25, 0.3) is 0 Å². The summed E-state index contributed by atoms with van der Waals surface area (Å²) in [5.41, 5.74) is 1.28. The molecule has 0 bridgehead atoms. The number of ether oxygens (including phenoxy) is 1. The zero-order chi connectivity index (χ0) is 15.5. The Morgan fingerprint density at radius 1 is 1.33 bits per heavy atom. The number of nitrogens with zero attached hydrogens (tertiary/aromatic N) is 1. The first-order valence-electron chi connectivity index (χ1n) is 7.44. The number of rotatable bonds is 5. The van der Waals surface area contributed by atoms with Gasteiger partial charge in [0.1, 0.15) is 11.9 Å². The minimum absolute atomic E-state index is 0.0637. The molecule has 0 radical (unpaired) electrons. The van der Waals surface area contributed by atoms with Gasteiger partial charge in [-0.05, 0) is 23.3 Å². The molecule has 0 unspecified atom stereocenters. The first-order chi connectivity index (χ1) is 9.91. The third kappa shape index (κ3) is 4.16. The third-order valence-electron chi connectivity index (χ3n) is 3.71. The van der Waals surface area contributed by atoms with Gasteiger partial charge in [0.2, 0.25) is 5.91 Å². The predicted molar refractivity (Wildman–Crippen MR) is 89.1 cm³/mol. The van der Waals surface area contributed by atoms with Crippen molar-refractivity contribution in [1.29, 1.82) is 0 Å². The molecule has 1 aliphatic rings. The Hall–Kier alpha value is -1.16. The van der Waals surface area contributed by atoms with E-state index in [-0.39, 0.29) is 17.4 Å². The molecule has 4 heteroatoms. The molecule has 0 N–H and O–H groups in total. The number of carbonyl (C=O) groups excluding carboxylic acids is 1. The second-order valence-electron chi connectivity index (χ2n) is 6.53. The van der Waals surface area contributed by atoms with Crippen molar-refractivity contribution in [2.24, 2.45) is 0 Å². The molecule has 2 rings (SSSR count). The SMILES string of the molecule is CSCCC(=O)N1CC(Oc2ccccc2C(C)(C)C)C1. The number of thioether (sulfide) groups is 1. The summed E-state index contributed by atoms with van der Waals surface area (Å²) in [6, 6.07) is 8.20. The molecule has 0 aromatic heterocycles. The normalized spacial score (nSPS) is 15.7. The lowest BCUT2D eigenvalue weighted by molar-refractivity contribution is -0.139. The second kappa shape index (κ2) is 6.73. The molecular formula is C17H25NO2S. The highest BCUT2D eigenvalue weighted by Crippen LogP contribution is 2.32. The number of para-hydroxylation sites is 1. The third-order valence-corrected chi connectivity index (χ3v) is 4.32. The second-order valence-corrected chi connectivity index (χ2v) is 7.51. The Morgan fingerprint density at radius 2 is 2.00 bits per heavy atom. The number of carbonyl (C=O) groups is 1. The lowest BCUT2D eigenvalue weighted by atomic mass is 9.86. The fraction of sp³-hybridized carbons (Fsp3) is 0.588. The summed E-state index contributed by atoms with van der Waals surface area (Å²) in [7, 11) is 0. The maximum Gasteiger partial charge on any atom is 0.223 e. The van der Waals surface area contributed by atoms with E-state index in [9.17, 15) is 4.79 Å².